The van der Waals surface area contributed by atoms with Gasteiger partial charge in [0, 0.05) is 24.5 Å². The molecule has 0 aliphatic carbocycles. The lowest BCUT2D eigenvalue weighted by atomic mass is 10.1. The van der Waals surface area contributed by atoms with Crippen LogP contribution < -0.4 is 0 Å². The monoisotopic (exact) mass is 267 g/mol. The smallest absolute Gasteiger partial charge is 0.0763 e. The van der Waals surface area contributed by atoms with Crippen molar-refractivity contribution in [1.29, 1.82) is 0 Å². The van der Waals surface area contributed by atoms with Crippen molar-refractivity contribution >= 4 is 15.9 Å². The third kappa shape index (κ3) is 5.29. The Labute approximate surface area is 95.2 Å². The Kier molecular flexibility index (Phi) is 8.87. The lowest BCUT2D eigenvalue weighted by molar-refractivity contribution is 0.0816. The summed E-state index contributed by atoms with van der Waals surface area (Å²) >= 11 is 3.25. The molecule has 0 heterocycles. The molecule has 0 fully saturated rings. The Hall–Kier alpha value is 0.360. The van der Waals surface area contributed by atoms with Gasteiger partial charge < -0.3 is 10.2 Å². The summed E-state index contributed by atoms with van der Waals surface area (Å²) in [6, 6.07) is 0.468. The number of halogens is 1. The van der Waals surface area contributed by atoms with Crippen LogP contribution in [0.5, 0.6) is 0 Å². The van der Waals surface area contributed by atoms with Gasteiger partial charge >= 0.3 is 0 Å². The van der Waals surface area contributed by atoms with Crippen molar-refractivity contribution in [3.63, 3.8) is 0 Å². The molecule has 0 aromatic heterocycles. The van der Waals surface area contributed by atoms with Crippen LogP contribution in [0.3, 0.4) is 0 Å². The zero-order valence-corrected chi connectivity index (χ0v) is 10.7. The molecule has 1 unspecified atom stereocenters. The predicted octanol–water partition coefficient (Wildman–Crippen LogP) is 1.23. The average Bonchev–Trinajstić information content (AvgIpc) is 2.19. The normalized spacial score (nSPS) is 13.9. The molecule has 0 aliphatic rings. The van der Waals surface area contributed by atoms with E-state index in [1.54, 1.807) is 0 Å². The van der Waals surface area contributed by atoms with Gasteiger partial charge in [0.1, 0.15) is 0 Å². The van der Waals surface area contributed by atoms with E-state index in [0.717, 1.165) is 12.8 Å². The Bertz CT molecular complexity index is 131. The highest BCUT2D eigenvalue weighted by Crippen LogP contribution is 2.09. The maximum absolute atomic E-state index is 9.52. The highest BCUT2D eigenvalue weighted by Gasteiger charge is 2.17. The molecule has 0 bridgehead atoms. The molecule has 4 heteroatoms. The predicted molar refractivity (Wildman–Crippen MR) is 62.8 cm³/mol. The molecule has 0 saturated carbocycles. The number of aliphatic hydroxyl groups excluding tert-OH is 2. The molecule has 0 amide bonds. The van der Waals surface area contributed by atoms with Gasteiger partial charge in [-0.05, 0) is 12.8 Å². The Balaban J connectivity index is 4.10. The van der Waals surface area contributed by atoms with Crippen LogP contribution in [0.4, 0.5) is 0 Å². The van der Waals surface area contributed by atoms with Gasteiger partial charge in [-0.1, -0.05) is 29.8 Å². The molecule has 0 rings (SSSR count). The first kappa shape index (κ1) is 14.4. The van der Waals surface area contributed by atoms with E-state index in [4.69, 9.17) is 5.11 Å². The Morgan fingerprint density at radius 3 is 2.21 bits per heavy atom. The topological polar surface area (TPSA) is 43.7 Å². The van der Waals surface area contributed by atoms with E-state index in [-0.39, 0.29) is 12.7 Å². The maximum atomic E-state index is 9.52. The van der Waals surface area contributed by atoms with E-state index in [9.17, 15) is 5.11 Å². The second-order valence-electron chi connectivity index (χ2n) is 3.50. The van der Waals surface area contributed by atoms with Crippen molar-refractivity contribution in [1.82, 2.24) is 4.90 Å². The standard InChI is InChI=1S/C10H22BrNO2/c1-3-9(4-2)12(5-6-13)8-10(14)7-11/h9-10,13-14H,3-8H2,1-2H3. The van der Waals surface area contributed by atoms with Gasteiger partial charge in [0.15, 0.2) is 0 Å². The average molecular weight is 268 g/mol. The Morgan fingerprint density at radius 2 is 1.86 bits per heavy atom. The molecule has 2 N–H and O–H groups in total. The minimum Gasteiger partial charge on any atom is -0.395 e. The van der Waals surface area contributed by atoms with Crippen LogP contribution in [0.2, 0.25) is 0 Å². The van der Waals surface area contributed by atoms with Crippen molar-refractivity contribution in [2.24, 2.45) is 0 Å². The number of nitrogens with zero attached hydrogens (tertiary/aromatic N) is 1. The molecule has 3 nitrogen and oxygen atoms in total. The summed E-state index contributed by atoms with van der Waals surface area (Å²) in [7, 11) is 0. The van der Waals surface area contributed by atoms with Crippen LogP contribution in [-0.4, -0.2) is 52.3 Å². The summed E-state index contributed by atoms with van der Waals surface area (Å²) in [6.45, 7) is 5.72. The second kappa shape index (κ2) is 8.65. The Morgan fingerprint density at radius 1 is 1.29 bits per heavy atom. The zero-order valence-electron chi connectivity index (χ0n) is 9.12. The second-order valence-corrected chi connectivity index (χ2v) is 4.14. The number of hydrogen-bond donors (Lipinski definition) is 2. The SMILES string of the molecule is CCC(CC)N(CCO)CC(O)CBr. The fourth-order valence-electron chi connectivity index (χ4n) is 1.68. The highest BCUT2D eigenvalue weighted by molar-refractivity contribution is 9.09. The number of aliphatic hydroxyl groups is 2. The minimum absolute atomic E-state index is 0.158. The van der Waals surface area contributed by atoms with E-state index in [1.807, 2.05) is 0 Å². The van der Waals surface area contributed by atoms with Crippen LogP contribution >= 0.6 is 15.9 Å². The molecule has 0 aromatic rings. The summed E-state index contributed by atoms with van der Waals surface area (Å²) in [5.74, 6) is 0. The lowest BCUT2D eigenvalue weighted by Gasteiger charge is -2.31. The number of rotatable bonds is 8. The third-order valence-corrected chi connectivity index (χ3v) is 3.22. The van der Waals surface area contributed by atoms with Gasteiger partial charge in [0.25, 0.3) is 0 Å². The van der Waals surface area contributed by atoms with Gasteiger partial charge in [0.2, 0.25) is 0 Å². The van der Waals surface area contributed by atoms with Gasteiger partial charge in [0.05, 0.1) is 12.7 Å². The first-order chi connectivity index (χ1) is 6.69. The summed E-state index contributed by atoms with van der Waals surface area (Å²) in [4.78, 5) is 2.16. The van der Waals surface area contributed by atoms with Gasteiger partial charge in [-0.15, -0.1) is 0 Å². The largest absolute Gasteiger partial charge is 0.395 e. The van der Waals surface area contributed by atoms with E-state index in [2.05, 4.69) is 34.7 Å². The summed E-state index contributed by atoms with van der Waals surface area (Å²) in [5.41, 5.74) is 0. The van der Waals surface area contributed by atoms with Gasteiger partial charge in [-0.25, -0.2) is 0 Å². The molecule has 86 valence electrons. The maximum Gasteiger partial charge on any atom is 0.0763 e. The van der Waals surface area contributed by atoms with Crippen LogP contribution in [0.1, 0.15) is 26.7 Å². The molecule has 0 spiro atoms. The lowest BCUT2D eigenvalue weighted by Crippen LogP contribution is -2.42. The molecule has 0 aliphatic heterocycles. The molecular weight excluding hydrogens is 246 g/mol. The van der Waals surface area contributed by atoms with Crippen molar-refractivity contribution < 1.29 is 10.2 Å². The van der Waals surface area contributed by atoms with E-state index >= 15 is 0 Å². The summed E-state index contributed by atoms with van der Waals surface area (Å²) in [6.07, 6.45) is 1.78. The fourth-order valence-corrected chi connectivity index (χ4v) is 1.88. The van der Waals surface area contributed by atoms with E-state index in [0.29, 0.717) is 24.5 Å². The zero-order chi connectivity index (χ0) is 11.0. The van der Waals surface area contributed by atoms with Crippen LogP contribution in [-0.2, 0) is 0 Å². The van der Waals surface area contributed by atoms with Crippen LogP contribution in [0.25, 0.3) is 0 Å². The van der Waals surface area contributed by atoms with E-state index in [1.165, 1.54) is 0 Å². The van der Waals surface area contributed by atoms with Crippen LogP contribution in [0, 0.1) is 0 Å². The van der Waals surface area contributed by atoms with Crippen molar-refractivity contribution in [3.8, 4) is 0 Å². The summed E-state index contributed by atoms with van der Waals surface area (Å²) < 4.78 is 0. The fraction of sp³-hybridized carbons (Fsp3) is 1.00. The molecule has 14 heavy (non-hydrogen) atoms. The van der Waals surface area contributed by atoms with Gasteiger partial charge in [-0.2, -0.15) is 0 Å². The number of alkyl halides is 1. The van der Waals surface area contributed by atoms with Crippen molar-refractivity contribution in [2.75, 3.05) is 25.0 Å². The molecular formula is C10H22BrNO2. The van der Waals surface area contributed by atoms with Crippen molar-refractivity contribution in [3.05, 3.63) is 0 Å². The van der Waals surface area contributed by atoms with Gasteiger partial charge in [-0.3, -0.25) is 4.90 Å². The molecule has 0 aromatic carbocycles. The molecule has 0 radical (unpaired) electrons. The summed E-state index contributed by atoms with van der Waals surface area (Å²) in [5, 5.41) is 19.0. The van der Waals surface area contributed by atoms with Crippen LogP contribution in [0.15, 0.2) is 0 Å². The highest BCUT2D eigenvalue weighted by atomic mass is 79.9. The first-order valence-electron chi connectivity index (χ1n) is 5.28. The number of hydrogen-bond acceptors (Lipinski definition) is 3. The quantitative estimate of drug-likeness (QED) is 0.651. The first-order valence-corrected chi connectivity index (χ1v) is 6.40. The minimum atomic E-state index is -0.345. The molecule has 0 saturated heterocycles. The third-order valence-electron chi connectivity index (χ3n) is 2.47. The van der Waals surface area contributed by atoms with E-state index < -0.39 is 0 Å². The molecule has 1 atom stereocenters. The van der Waals surface area contributed by atoms with Crippen molar-refractivity contribution in [2.45, 2.75) is 38.8 Å².